The lowest BCUT2D eigenvalue weighted by atomic mass is 10.0. The highest BCUT2D eigenvalue weighted by Gasteiger charge is 2.35. The highest BCUT2D eigenvalue weighted by Crippen LogP contribution is 2.35. The minimum absolute atomic E-state index is 0.236. The van der Waals surface area contributed by atoms with Gasteiger partial charge in [-0.15, -0.1) is 0 Å². The van der Waals surface area contributed by atoms with Crippen molar-refractivity contribution in [2.75, 3.05) is 19.0 Å². The third kappa shape index (κ3) is 4.24. The summed E-state index contributed by atoms with van der Waals surface area (Å²) >= 11 is 0. The molecule has 3 aromatic rings. The van der Waals surface area contributed by atoms with Crippen LogP contribution >= 0.6 is 0 Å². The molecule has 1 N–H and O–H groups in total. The smallest absolute Gasteiger partial charge is 0.243 e. The van der Waals surface area contributed by atoms with Gasteiger partial charge in [0, 0.05) is 25.1 Å². The number of nitrogens with zero attached hydrogens (tertiary/aromatic N) is 5. The molecule has 1 aliphatic heterocycles. The van der Waals surface area contributed by atoms with Crippen LogP contribution in [0.25, 0.3) is 0 Å². The van der Waals surface area contributed by atoms with Gasteiger partial charge >= 0.3 is 0 Å². The van der Waals surface area contributed by atoms with Crippen molar-refractivity contribution in [1.82, 2.24) is 24.2 Å². The first kappa shape index (κ1) is 20.2. The molecule has 0 bridgehead atoms. The third-order valence-electron chi connectivity index (χ3n) is 4.93. The quantitative estimate of drug-likeness (QED) is 0.641. The average Bonchev–Trinajstić information content (AvgIpc) is 2.80. The number of rotatable bonds is 6. The lowest BCUT2D eigenvalue weighted by Crippen LogP contribution is -2.38. The molecule has 4 rings (SSSR count). The van der Waals surface area contributed by atoms with E-state index >= 15 is 0 Å². The maximum Gasteiger partial charge on any atom is 0.243 e. The predicted molar refractivity (Wildman–Crippen MR) is 111 cm³/mol. The van der Waals surface area contributed by atoms with Gasteiger partial charge in [-0.3, -0.25) is 5.32 Å². The fraction of sp³-hybridized carbons (Fsp3) is 0.300. The molecular formula is C20H22N6O3S. The maximum absolute atomic E-state index is 13.4. The van der Waals surface area contributed by atoms with Crippen LogP contribution in [0.15, 0.2) is 59.9 Å². The zero-order valence-electron chi connectivity index (χ0n) is 16.5. The molecule has 9 nitrogen and oxygen atoms in total. The van der Waals surface area contributed by atoms with E-state index in [2.05, 4.69) is 25.3 Å². The molecule has 0 aliphatic carbocycles. The number of ether oxygens (including phenoxy) is 1. The van der Waals surface area contributed by atoms with Gasteiger partial charge in [-0.2, -0.15) is 4.31 Å². The second-order valence-corrected chi connectivity index (χ2v) is 8.70. The summed E-state index contributed by atoms with van der Waals surface area (Å²) in [5.41, 5.74) is 0.639. The molecule has 0 amide bonds. The molecule has 1 fully saturated rings. The topological polar surface area (TPSA) is 110 Å². The van der Waals surface area contributed by atoms with Crippen LogP contribution in [0, 0.1) is 0 Å². The highest BCUT2D eigenvalue weighted by molar-refractivity contribution is 7.89. The van der Waals surface area contributed by atoms with Crippen molar-refractivity contribution in [2.45, 2.75) is 30.2 Å². The van der Waals surface area contributed by atoms with Crippen LogP contribution in [0.1, 0.15) is 31.0 Å². The van der Waals surface area contributed by atoms with Gasteiger partial charge in [0.15, 0.2) is 0 Å². The second-order valence-electron chi connectivity index (χ2n) is 6.81. The minimum Gasteiger partial charge on any atom is -0.497 e. The largest absolute Gasteiger partial charge is 0.497 e. The summed E-state index contributed by atoms with van der Waals surface area (Å²) < 4.78 is 33.4. The molecule has 2 aromatic heterocycles. The van der Waals surface area contributed by atoms with Gasteiger partial charge in [0.1, 0.15) is 5.75 Å². The van der Waals surface area contributed by atoms with Crippen LogP contribution in [0.3, 0.4) is 0 Å². The minimum atomic E-state index is -3.68. The Hall–Kier alpha value is -3.11. The van der Waals surface area contributed by atoms with E-state index in [0.29, 0.717) is 36.3 Å². The van der Waals surface area contributed by atoms with Crippen LogP contribution in [-0.2, 0) is 10.0 Å². The Labute approximate surface area is 175 Å². The van der Waals surface area contributed by atoms with E-state index in [1.807, 2.05) is 0 Å². The Morgan fingerprint density at radius 2 is 1.73 bits per heavy atom. The molecule has 156 valence electrons. The summed E-state index contributed by atoms with van der Waals surface area (Å²) in [6.07, 6.45) is 7.26. The van der Waals surface area contributed by atoms with Gasteiger partial charge in [-0.1, -0.05) is 6.42 Å². The number of hydrogen-bond acceptors (Lipinski definition) is 8. The van der Waals surface area contributed by atoms with Gasteiger partial charge < -0.3 is 4.74 Å². The summed E-state index contributed by atoms with van der Waals surface area (Å²) in [7, 11) is -2.14. The molecule has 1 aromatic carbocycles. The number of hydrogen-bond donors (Lipinski definition) is 1. The van der Waals surface area contributed by atoms with E-state index in [1.54, 1.807) is 62.1 Å². The molecule has 1 atom stereocenters. The number of piperidine rings is 1. The zero-order chi connectivity index (χ0) is 21.0. The molecule has 3 heterocycles. The van der Waals surface area contributed by atoms with Crippen LogP contribution in [0.5, 0.6) is 5.75 Å². The van der Waals surface area contributed by atoms with Crippen molar-refractivity contribution in [3.05, 3.63) is 60.7 Å². The Bertz CT molecular complexity index is 1090. The molecule has 1 aliphatic rings. The fourth-order valence-corrected chi connectivity index (χ4v) is 5.12. The molecular weight excluding hydrogens is 404 g/mol. The van der Waals surface area contributed by atoms with Crippen LogP contribution < -0.4 is 10.1 Å². The van der Waals surface area contributed by atoms with E-state index in [-0.39, 0.29) is 10.9 Å². The first-order valence-electron chi connectivity index (χ1n) is 9.61. The monoisotopic (exact) mass is 426 g/mol. The molecule has 30 heavy (non-hydrogen) atoms. The van der Waals surface area contributed by atoms with Gasteiger partial charge in [-0.25, -0.2) is 28.4 Å². The summed E-state index contributed by atoms with van der Waals surface area (Å²) in [5.74, 6) is 1.31. The third-order valence-corrected chi connectivity index (χ3v) is 6.85. The first-order chi connectivity index (χ1) is 14.6. The molecule has 0 radical (unpaired) electrons. The number of methoxy groups -OCH3 is 1. The molecule has 0 unspecified atom stereocenters. The molecule has 0 spiro atoms. The van der Waals surface area contributed by atoms with Gasteiger partial charge in [0.25, 0.3) is 0 Å². The number of nitrogens with one attached hydrogen (secondary N) is 1. The lowest BCUT2D eigenvalue weighted by Gasteiger charge is -2.34. The SMILES string of the molecule is COc1ccc(S(=O)(=O)N2CCCC[C@H]2c2ccnc(Nc3ncccn3)n2)cc1. The zero-order valence-corrected chi connectivity index (χ0v) is 17.3. The Morgan fingerprint density at radius 1 is 1.00 bits per heavy atom. The van der Waals surface area contributed by atoms with Crippen molar-refractivity contribution in [3.8, 4) is 5.75 Å². The fourth-order valence-electron chi connectivity index (χ4n) is 3.45. The van der Waals surface area contributed by atoms with Crippen molar-refractivity contribution >= 4 is 21.9 Å². The van der Waals surface area contributed by atoms with E-state index in [4.69, 9.17) is 4.74 Å². The summed E-state index contributed by atoms with van der Waals surface area (Å²) in [6, 6.07) is 9.54. The Kier molecular flexibility index (Phi) is 5.86. The van der Waals surface area contributed by atoms with E-state index < -0.39 is 10.0 Å². The highest BCUT2D eigenvalue weighted by atomic mass is 32.2. The van der Waals surface area contributed by atoms with E-state index in [0.717, 1.165) is 12.8 Å². The van der Waals surface area contributed by atoms with Crippen molar-refractivity contribution in [3.63, 3.8) is 0 Å². The predicted octanol–water partition coefficient (Wildman–Crippen LogP) is 2.93. The molecule has 1 saturated heterocycles. The summed E-state index contributed by atoms with van der Waals surface area (Å²) in [4.78, 5) is 17.2. The summed E-state index contributed by atoms with van der Waals surface area (Å²) in [5, 5.41) is 2.96. The average molecular weight is 427 g/mol. The Balaban J connectivity index is 1.63. The van der Waals surface area contributed by atoms with Crippen molar-refractivity contribution < 1.29 is 13.2 Å². The second kappa shape index (κ2) is 8.72. The maximum atomic E-state index is 13.4. The number of aromatic nitrogens is 4. The van der Waals surface area contributed by atoms with Gasteiger partial charge in [0.2, 0.25) is 21.9 Å². The molecule has 10 heteroatoms. The van der Waals surface area contributed by atoms with Crippen molar-refractivity contribution in [2.24, 2.45) is 0 Å². The first-order valence-corrected chi connectivity index (χ1v) is 11.0. The van der Waals surface area contributed by atoms with Gasteiger partial charge in [0.05, 0.1) is 23.7 Å². The molecule has 0 saturated carbocycles. The number of sulfonamides is 1. The normalized spacial score (nSPS) is 17.4. The standard InChI is InChI=1S/C20H22N6O3S/c1-29-15-6-8-16(9-7-15)30(27,28)26-14-3-2-5-18(26)17-10-13-23-20(24-17)25-19-21-11-4-12-22-19/h4,6-13,18H,2-3,5,14H2,1H3,(H,21,22,23,24,25)/t18-/m0/s1. The number of anilines is 2. The van der Waals surface area contributed by atoms with E-state index in [1.165, 1.54) is 4.31 Å². The van der Waals surface area contributed by atoms with Crippen LogP contribution in [0.4, 0.5) is 11.9 Å². The summed E-state index contributed by atoms with van der Waals surface area (Å²) in [6.45, 7) is 0.438. The lowest BCUT2D eigenvalue weighted by molar-refractivity contribution is 0.251. The Morgan fingerprint density at radius 3 is 2.47 bits per heavy atom. The number of benzene rings is 1. The van der Waals surface area contributed by atoms with Crippen molar-refractivity contribution in [1.29, 1.82) is 0 Å². The van der Waals surface area contributed by atoms with Crippen LogP contribution in [-0.4, -0.2) is 46.3 Å². The van der Waals surface area contributed by atoms with Gasteiger partial charge in [-0.05, 0) is 49.2 Å². The van der Waals surface area contributed by atoms with E-state index in [9.17, 15) is 8.42 Å². The van der Waals surface area contributed by atoms with Crippen LogP contribution in [0.2, 0.25) is 0 Å².